The Morgan fingerprint density at radius 2 is 1.93 bits per heavy atom. The fourth-order valence-corrected chi connectivity index (χ4v) is 2.89. The largest absolute Gasteiger partial charge is 0.457 e. The van der Waals surface area contributed by atoms with Crippen LogP contribution in [0.2, 0.25) is 0 Å². The van der Waals surface area contributed by atoms with Gasteiger partial charge in [-0.25, -0.2) is 0 Å². The fraction of sp³-hybridized carbons (Fsp3) is 0.136. The minimum absolute atomic E-state index is 0.273. The average molecular weight is 388 g/mol. The van der Waals surface area contributed by atoms with Gasteiger partial charge < -0.3 is 19.8 Å². The number of benzene rings is 2. The number of aromatic nitrogens is 2. The van der Waals surface area contributed by atoms with Crippen LogP contribution in [0.5, 0.6) is 11.5 Å². The summed E-state index contributed by atoms with van der Waals surface area (Å²) in [6.45, 7) is 2.70. The Bertz CT molecular complexity index is 1170. The van der Waals surface area contributed by atoms with Crippen LogP contribution in [0.25, 0.3) is 11.1 Å². The average Bonchev–Trinajstić information content (AvgIpc) is 3.15. The standard InChI is InChI=1S/C22H20N4O3/c1-14-5-3-4-6-15(14)13-25-22-26-18-8-7-16(12-20(18)29-22)28-17-9-10-24-19(11-17)21(27)23-2/h3-12H,13H2,1-2H3,(H,23,27)(H,25,26). The Morgan fingerprint density at radius 3 is 2.76 bits per heavy atom. The summed E-state index contributed by atoms with van der Waals surface area (Å²) in [5, 5.41) is 5.75. The van der Waals surface area contributed by atoms with Crippen LogP contribution in [0.1, 0.15) is 21.6 Å². The summed E-state index contributed by atoms with van der Waals surface area (Å²) in [5.74, 6) is 0.814. The number of carbonyl (C=O) groups excluding carboxylic acids is 1. The fourth-order valence-electron chi connectivity index (χ4n) is 2.89. The number of aryl methyl sites for hydroxylation is 1. The van der Waals surface area contributed by atoms with E-state index in [9.17, 15) is 4.79 Å². The molecular formula is C22H20N4O3. The first-order valence-electron chi connectivity index (χ1n) is 9.17. The highest BCUT2D eigenvalue weighted by atomic mass is 16.5. The van der Waals surface area contributed by atoms with Gasteiger partial charge >= 0.3 is 0 Å². The summed E-state index contributed by atoms with van der Waals surface area (Å²) in [5.41, 5.74) is 4.01. The van der Waals surface area contributed by atoms with Gasteiger partial charge in [0.2, 0.25) is 0 Å². The second kappa shape index (κ2) is 8.02. The SMILES string of the molecule is CNC(=O)c1cc(Oc2ccc3nc(NCc4ccccc4C)oc3c2)ccn1. The van der Waals surface area contributed by atoms with Crippen LogP contribution in [-0.2, 0) is 6.54 Å². The van der Waals surface area contributed by atoms with Crippen molar-refractivity contribution in [2.45, 2.75) is 13.5 Å². The Morgan fingerprint density at radius 1 is 1.10 bits per heavy atom. The molecule has 0 fully saturated rings. The van der Waals surface area contributed by atoms with Gasteiger partial charge in [-0.05, 0) is 36.2 Å². The molecule has 146 valence electrons. The molecule has 4 rings (SSSR count). The highest BCUT2D eigenvalue weighted by Crippen LogP contribution is 2.27. The minimum Gasteiger partial charge on any atom is -0.457 e. The van der Waals surface area contributed by atoms with E-state index in [1.165, 1.54) is 17.3 Å². The number of fused-ring (bicyclic) bond motifs is 1. The van der Waals surface area contributed by atoms with Crippen molar-refractivity contribution in [3.8, 4) is 11.5 Å². The first-order valence-corrected chi connectivity index (χ1v) is 9.17. The Kier molecular flexibility index (Phi) is 5.11. The van der Waals surface area contributed by atoms with Crippen molar-refractivity contribution in [1.29, 1.82) is 0 Å². The maximum absolute atomic E-state index is 11.7. The van der Waals surface area contributed by atoms with Gasteiger partial charge in [-0.3, -0.25) is 9.78 Å². The van der Waals surface area contributed by atoms with Gasteiger partial charge in [0.05, 0.1) is 0 Å². The first kappa shape index (κ1) is 18.5. The lowest BCUT2D eigenvalue weighted by molar-refractivity contribution is 0.0958. The van der Waals surface area contributed by atoms with Crippen molar-refractivity contribution in [3.05, 3.63) is 77.6 Å². The predicted molar refractivity (Wildman–Crippen MR) is 110 cm³/mol. The van der Waals surface area contributed by atoms with E-state index in [1.807, 2.05) is 18.2 Å². The summed E-state index contributed by atoms with van der Waals surface area (Å²) < 4.78 is 11.7. The van der Waals surface area contributed by atoms with E-state index in [-0.39, 0.29) is 11.6 Å². The normalized spacial score (nSPS) is 10.7. The number of ether oxygens (including phenoxy) is 1. The summed E-state index contributed by atoms with van der Waals surface area (Å²) in [7, 11) is 1.56. The first-order chi connectivity index (χ1) is 14.1. The molecule has 1 amide bonds. The van der Waals surface area contributed by atoms with Crippen molar-refractivity contribution in [3.63, 3.8) is 0 Å². The van der Waals surface area contributed by atoms with Gasteiger partial charge in [0.25, 0.3) is 11.9 Å². The van der Waals surface area contributed by atoms with Gasteiger partial charge in [0.1, 0.15) is 22.7 Å². The zero-order chi connectivity index (χ0) is 20.2. The third kappa shape index (κ3) is 4.19. The number of rotatable bonds is 6. The topological polar surface area (TPSA) is 89.3 Å². The monoisotopic (exact) mass is 388 g/mol. The number of amides is 1. The molecule has 0 aliphatic heterocycles. The number of hydrogen-bond acceptors (Lipinski definition) is 6. The van der Waals surface area contributed by atoms with E-state index in [4.69, 9.17) is 9.15 Å². The number of nitrogens with one attached hydrogen (secondary N) is 2. The van der Waals surface area contributed by atoms with Crippen LogP contribution in [0.15, 0.2) is 65.2 Å². The Hall–Kier alpha value is -3.87. The molecule has 2 heterocycles. The smallest absolute Gasteiger partial charge is 0.295 e. The van der Waals surface area contributed by atoms with Crippen LogP contribution in [0.4, 0.5) is 6.01 Å². The van der Waals surface area contributed by atoms with Crippen molar-refractivity contribution >= 4 is 23.0 Å². The van der Waals surface area contributed by atoms with Crippen molar-refractivity contribution in [2.75, 3.05) is 12.4 Å². The van der Waals surface area contributed by atoms with Crippen LogP contribution in [-0.4, -0.2) is 22.9 Å². The molecule has 0 saturated carbocycles. The number of pyridine rings is 1. The molecule has 0 radical (unpaired) electrons. The van der Waals surface area contributed by atoms with Crippen LogP contribution >= 0.6 is 0 Å². The van der Waals surface area contributed by atoms with Crippen LogP contribution in [0.3, 0.4) is 0 Å². The third-order valence-electron chi connectivity index (χ3n) is 4.48. The second-order valence-electron chi connectivity index (χ2n) is 6.49. The lowest BCUT2D eigenvalue weighted by Gasteiger charge is -2.06. The van der Waals surface area contributed by atoms with Crippen molar-refractivity contribution < 1.29 is 13.9 Å². The summed E-state index contributed by atoms with van der Waals surface area (Å²) >= 11 is 0. The number of nitrogens with zero attached hydrogens (tertiary/aromatic N) is 2. The molecule has 0 aliphatic rings. The molecule has 0 spiro atoms. The summed E-state index contributed by atoms with van der Waals surface area (Å²) in [6, 6.07) is 17.3. The molecule has 4 aromatic rings. The lowest BCUT2D eigenvalue weighted by atomic mass is 10.1. The van der Waals surface area contributed by atoms with Gasteiger partial charge in [-0.2, -0.15) is 4.98 Å². The molecule has 2 N–H and O–H groups in total. The Balaban J connectivity index is 1.50. The van der Waals surface area contributed by atoms with Gasteiger partial charge in [-0.15, -0.1) is 0 Å². The van der Waals surface area contributed by atoms with Gasteiger partial charge in [0.15, 0.2) is 5.58 Å². The van der Waals surface area contributed by atoms with E-state index in [0.717, 1.165) is 5.52 Å². The zero-order valence-electron chi connectivity index (χ0n) is 16.1. The molecule has 0 saturated heterocycles. The maximum atomic E-state index is 11.7. The van der Waals surface area contributed by atoms with E-state index < -0.39 is 0 Å². The van der Waals surface area contributed by atoms with E-state index in [1.54, 1.807) is 31.3 Å². The Labute approximate surface area is 167 Å². The number of oxazole rings is 1. The molecule has 2 aromatic carbocycles. The minimum atomic E-state index is -0.273. The van der Waals surface area contributed by atoms with E-state index >= 15 is 0 Å². The molecule has 7 nitrogen and oxygen atoms in total. The molecule has 0 unspecified atom stereocenters. The highest BCUT2D eigenvalue weighted by Gasteiger charge is 2.10. The molecular weight excluding hydrogens is 368 g/mol. The molecule has 0 aliphatic carbocycles. The van der Waals surface area contributed by atoms with E-state index in [2.05, 4.69) is 39.7 Å². The predicted octanol–water partition coefficient (Wildman–Crippen LogP) is 4.30. The molecule has 0 bridgehead atoms. The number of anilines is 1. The van der Waals surface area contributed by atoms with Gasteiger partial charge in [-0.1, -0.05) is 24.3 Å². The van der Waals surface area contributed by atoms with E-state index in [0.29, 0.717) is 29.6 Å². The summed E-state index contributed by atoms with van der Waals surface area (Å²) in [6.07, 6.45) is 1.53. The molecule has 2 aromatic heterocycles. The molecule has 29 heavy (non-hydrogen) atoms. The number of carbonyl (C=O) groups is 1. The zero-order valence-corrected chi connectivity index (χ0v) is 16.1. The lowest BCUT2D eigenvalue weighted by Crippen LogP contribution is -2.18. The van der Waals surface area contributed by atoms with Crippen molar-refractivity contribution in [2.24, 2.45) is 0 Å². The molecule has 0 atom stereocenters. The quantitative estimate of drug-likeness (QED) is 0.512. The van der Waals surface area contributed by atoms with Crippen LogP contribution < -0.4 is 15.4 Å². The maximum Gasteiger partial charge on any atom is 0.295 e. The third-order valence-corrected chi connectivity index (χ3v) is 4.48. The van der Waals surface area contributed by atoms with Gasteiger partial charge in [0, 0.05) is 31.9 Å². The highest BCUT2D eigenvalue weighted by molar-refractivity contribution is 5.92. The second-order valence-corrected chi connectivity index (χ2v) is 6.49. The summed E-state index contributed by atoms with van der Waals surface area (Å²) in [4.78, 5) is 20.2. The van der Waals surface area contributed by atoms with Crippen molar-refractivity contribution in [1.82, 2.24) is 15.3 Å². The molecule has 7 heteroatoms. The number of hydrogen-bond donors (Lipinski definition) is 2. The van der Waals surface area contributed by atoms with Crippen LogP contribution in [0, 0.1) is 6.92 Å².